The first kappa shape index (κ1) is 20.7. The molecule has 0 aromatic heterocycles. The van der Waals surface area contributed by atoms with E-state index in [4.69, 9.17) is 9.94 Å². The van der Waals surface area contributed by atoms with Crippen LogP contribution >= 0.6 is 0 Å². The Morgan fingerprint density at radius 3 is 2.10 bits per heavy atom. The Kier molecular flexibility index (Phi) is 6.17. The Morgan fingerprint density at radius 1 is 1.00 bits per heavy atom. The molecular weight excluding hydrogens is 390 g/mol. The molecule has 0 radical (unpaired) electrons. The topological polar surface area (TPSA) is 119 Å². The third kappa shape index (κ3) is 4.67. The molecule has 0 saturated heterocycles. The van der Waals surface area contributed by atoms with Crippen LogP contribution < -0.4 is 0 Å². The maximum absolute atomic E-state index is 12.5. The molecule has 0 saturated carbocycles. The van der Waals surface area contributed by atoms with Gasteiger partial charge in [-0.15, -0.1) is 0 Å². The second-order valence-corrected chi connectivity index (χ2v) is 6.39. The van der Waals surface area contributed by atoms with Gasteiger partial charge in [0.1, 0.15) is 0 Å². The Morgan fingerprint density at radius 2 is 1.57 bits per heavy atom. The van der Waals surface area contributed by atoms with Crippen LogP contribution in [0.5, 0.6) is 0 Å². The maximum atomic E-state index is 12.5. The lowest BCUT2D eigenvalue weighted by atomic mass is 9.98. The molecule has 2 aromatic rings. The van der Waals surface area contributed by atoms with Crippen molar-refractivity contribution in [1.82, 2.24) is 0 Å². The number of carboxylic acid groups (broad SMARTS) is 1. The molecule has 1 aliphatic heterocycles. The number of carboxylic acids is 1. The van der Waals surface area contributed by atoms with Crippen LogP contribution in [0.3, 0.4) is 0 Å². The van der Waals surface area contributed by atoms with Gasteiger partial charge in [0.15, 0.2) is 0 Å². The number of ketones is 2. The Balaban J connectivity index is 1.68. The minimum absolute atomic E-state index is 0.200. The monoisotopic (exact) mass is 407 g/mol. The smallest absolute Gasteiger partial charge is 0.350 e. The van der Waals surface area contributed by atoms with Crippen molar-refractivity contribution in [2.45, 2.75) is 12.5 Å². The summed E-state index contributed by atoms with van der Waals surface area (Å²) in [6, 6.07) is 12.3. The predicted molar refractivity (Wildman–Crippen MR) is 106 cm³/mol. The summed E-state index contributed by atoms with van der Waals surface area (Å²) in [7, 11) is 1.27. The van der Waals surface area contributed by atoms with Crippen LogP contribution in [0.25, 0.3) is 6.08 Å². The fraction of sp³-hybridized carbons (Fsp3) is 0.136. The predicted octanol–water partition coefficient (Wildman–Crippen LogP) is 2.52. The van der Waals surface area contributed by atoms with Crippen LogP contribution in [0.2, 0.25) is 0 Å². The number of aliphatic carboxylic acids is 1. The van der Waals surface area contributed by atoms with E-state index in [-0.39, 0.29) is 17.5 Å². The van der Waals surface area contributed by atoms with Gasteiger partial charge in [0, 0.05) is 23.6 Å². The highest BCUT2D eigenvalue weighted by Gasteiger charge is 2.29. The van der Waals surface area contributed by atoms with Gasteiger partial charge in [-0.05, 0) is 17.2 Å². The summed E-state index contributed by atoms with van der Waals surface area (Å²) in [5, 5.41) is 12.5. The van der Waals surface area contributed by atoms with E-state index in [1.165, 1.54) is 37.5 Å². The lowest BCUT2D eigenvalue weighted by Gasteiger charge is -2.05. The van der Waals surface area contributed by atoms with E-state index in [9.17, 15) is 19.2 Å². The van der Waals surface area contributed by atoms with Crippen molar-refractivity contribution in [3.63, 3.8) is 0 Å². The summed E-state index contributed by atoms with van der Waals surface area (Å²) in [6.45, 7) is 0. The average Bonchev–Trinajstić information content (AvgIpc) is 3.27. The number of carbonyl (C=O) groups excluding carboxylic acids is 3. The standard InChI is InChI=1S/C22H17NO7/c1-29-22(28)18-12-17(23-30-18)14-7-9-16(10-8-14)21(27)20(26)15-5-2-13(3-6-15)4-11-19(24)25/h2-11,18H,12H2,1H3,(H,24,25). The second-order valence-electron chi connectivity index (χ2n) is 6.39. The molecule has 30 heavy (non-hydrogen) atoms. The zero-order valence-electron chi connectivity index (χ0n) is 15.9. The van der Waals surface area contributed by atoms with Crippen molar-refractivity contribution >= 4 is 35.3 Å². The van der Waals surface area contributed by atoms with Gasteiger partial charge in [0.25, 0.3) is 0 Å². The van der Waals surface area contributed by atoms with E-state index in [0.29, 0.717) is 16.8 Å². The van der Waals surface area contributed by atoms with Crippen LogP contribution in [0.4, 0.5) is 0 Å². The fourth-order valence-corrected chi connectivity index (χ4v) is 2.80. The summed E-state index contributed by atoms with van der Waals surface area (Å²) < 4.78 is 4.62. The highest BCUT2D eigenvalue weighted by Crippen LogP contribution is 2.19. The van der Waals surface area contributed by atoms with E-state index >= 15 is 0 Å². The summed E-state index contributed by atoms with van der Waals surface area (Å²) in [5.41, 5.74) is 2.21. The average molecular weight is 407 g/mol. The van der Waals surface area contributed by atoms with Gasteiger partial charge in [0.05, 0.1) is 12.8 Å². The highest BCUT2D eigenvalue weighted by atomic mass is 16.7. The van der Waals surface area contributed by atoms with Crippen LogP contribution in [0.15, 0.2) is 59.8 Å². The van der Waals surface area contributed by atoms with Gasteiger partial charge < -0.3 is 14.7 Å². The van der Waals surface area contributed by atoms with Gasteiger partial charge in [-0.3, -0.25) is 9.59 Å². The Hall–Kier alpha value is -4.07. The van der Waals surface area contributed by atoms with E-state index in [2.05, 4.69) is 9.89 Å². The number of hydrogen-bond acceptors (Lipinski definition) is 7. The molecule has 1 N–H and O–H groups in total. The van der Waals surface area contributed by atoms with Gasteiger partial charge >= 0.3 is 11.9 Å². The number of oxime groups is 1. The third-order valence-electron chi connectivity index (χ3n) is 4.41. The normalized spacial score (nSPS) is 15.4. The van der Waals surface area contributed by atoms with Crippen molar-refractivity contribution in [2.75, 3.05) is 7.11 Å². The number of methoxy groups -OCH3 is 1. The first-order chi connectivity index (χ1) is 14.4. The zero-order chi connectivity index (χ0) is 21.7. The zero-order valence-corrected chi connectivity index (χ0v) is 15.9. The molecule has 1 unspecified atom stereocenters. The lowest BCUT2D eigenvalue weighted by molar-refractivity contribution is -0.152. The maximum Gasteiger partial charge on any atom is 0.350 e. The number of carbonyl (C=O) groups is 4. The highest BCUT2D eigenvalue weighted by molar-refractivity contribution is 6.49. The molecule has 1 aliphatic rings. The minimum Gasteiger partial charge on any atom is -0.478 e. The number of Topliss-reactive ketones (excluding diaryl/α,β-unsaturated/α-hetero) is 2. The van der Waals surface area contributed by atoms with Crippen molar-refractivity contribution in [1.29, 1.82) is 0 Å². The molecule has 0 aliphatic carbocycles. The quantitative estimate of drug-likeness (QED) is 0.324. The number of esters is 1. The van der Waals surface area contributed by atoms with Crippen LogP contribution in [-0.4, -0.2) is 47.5 Å². The Bertz CT molecular complexity index is 1050. The van der Waals surface area contributed by atoms with Crippen molar-refractivity contribution in [3.05, 3.63) is 76.9 Å². The van der Waals surface area contributed by atoms with Crippen LogP contribution in [0.1, 0.15) is 38.3 Å². The van der Waals surface area contributed by atoms with Crippen LogP contribution in [0, 0.1) is 0 Å². The van der Waals surface area contributed by atoms with Gasteiger partial charge in [0.2, 0.25) is 17.7 Å². The molecule has 0 spiro atoms. The molecule has 152 valence electrons. The third-order valence-corrected chi connectivity index (χ3v) is 4.41. The summed E-state index contributed by atoms with van der Waals surface area (Å²) in [6.07, 6.45) is 1.83. The van der Waals surface area contributed by atoms with Gasteiger partial charge in [-0.2, -0.15) is 0 Å². The Labute approximate surface area is 171 Å². The number of benzene rings is 2. The fourth-order valence-electron chi connectivity index (χ4n) is 2.80. The van der Waals surface area contributed by atoms with Crippen molar-refractivity contribution in [2.24, 2.45) is 5.16 Å². The summed E-state index contributed by atoms with van der Waals surface area (Å²) in [4.78, 5) is 52.0. The number of hydrogen-bond donors (Lipinski definition) is 1. The first-order valence-corrected chi connectivity index (χ1v) is 8.90. The second kappa shape index (κ2) is 8.95. The SMILES string of the molecule is COC(=O)C1CC(c2ccc(C(=O)C(=O)c3ccc(C=CC(=O)O)cc3)cc2)=NO1. The van der Waals surface area contributed by atoms with E-state index in [0.717, 1.165) is 6.08 Å². The van der Waals surface area contributed by atoms with Gasteiger partial charge in [-0.25, -0.2) is 9.59 Å². The lowest BCUT2D eigenvalue weighted by Crippen LogP contribution is -2.22. The summed E-state index contributed by atoms with van der Waals surface area (Å²) >= 11 is 0. The summed E-state index contributed by atoms with van der Waals surface area (Å²) in [5.74, 6) is -2.95. The molecule has 1 atom stereocenters. The van der Waals surface area contributed by atoms with E-state index in [1.807, 2.05) is 0 Å². The van der Waals surface area contributed by atoms with Crippen LogP contribution in [-0.2, 0) is 19.2 Å². The minimum atomic E-state index is -1.08. The molecule has 1 heterocycles. The molecule has 3 rings (SSSR count). The molecule has 2 aromatic carbocycles. The van der Waals surface area contributed by atoms with Gasteiger partial charge in [-0.1, -0.05) is 53.7 Å². The van der Waals surface area contributed by atoms with Crippen molar-refractivity contribution < 1.29 is 33.9 Å². The molecule has 8 heteroatoms. The molecule has 0 amide bonds. The molecular formula is C22H17NO7. The number of rotatable bonds is 7. The van der Waals surface area contributed by atoms with E-state index in [1.54, 1.807) is 24.3 Å². The van der Waals surface area contributed by atoms with E-state index < -0.39 is 29.6 Å². The molecule has 0 fully saturated rings. The number of nitrogens with zero attached hydrogens (tertiary/aromatic N) is 1. The molecule has 0 bridgehead atoms. The molecule has 8 nitrogen and oxygen atoms in total. The van der Waals surface area contributed by atoms with Crippen molar-refractivity contribution in [3.8, 4) is 0 Å². The first-order valence-electron chi connectivity index (χ1n) is 8.90. The largest absolute Gasteiger partial charge is 0.478 e. The number of ether oxygens (including phenoxy) is 1.